The summed E-state index contributed by atoms with van der Waals surface area (Å²) >= 11 is 0. The Hall–Kier alpha value is -0.590. The first kappa shape index (κ1) is 6.14. The highest BCUT2D eigenvalue weighted by Gasteiger charge is 2.29. The van der Waals surface area contributed by atoms with Gasteiger partial charge in [0.2, 0.25) is 0 Å². The summed E-state index contributed by atoms with van der Waals surface area (Å²) in [6.45, 7) is 0. The van der Waals surface area contributed by atoms with E-state index in [1.807, 2.05) is 0 Å². The minimum absolute atomic E-state index is 0.477. The number of Topliss-reactive ketones (excluding diaryl/α,β-unsaturated/α-hetero) is 1. The zero-order valence-electron chi connectivity index (χ0n) is 6.05. The van der Waals surface area contributed by atoms with E-state index >= 15 is 0 Å². The van der Waals surface area contributed by atoms with Crippen LogP contribution < -0.4 is 0 Å². The largest absolute Gasteiger partial charge is 0.300 e. The number of carbonyl (C=O) groups excluding carboxylic acids is 1. The molecule has 0 aliphatic heterocycles. The standard InChI is InChI=1S/C9H12O/c10-9-5-4-7-2-1-3-8(7)6-9/h1-2,7-8H,3-6H2/t7-,8+/m0/s1. The molecule has 10 heavy (non-hydrogen) atoms. The van der Waals surface area contributed by atoms with E-state index in [4.69, 9.17) is 0 Å². The first-order chi connectivity index (χ1) is 4.86. The predicted octanol–water partition coefficient (Wildman–Crippen LogP) is 1.93. The molecule has 0 unspecified atom stereocenters. The number of hydrogen-bond donors (Lipinski definition) is 0. The fraction of sp³-hybridized carbons (Fsp3) is 0.667. The van der Waals surface area contributed by atoms with Crippen molar-refractivity contribution >= 4 is 5.78 Å². The normalized spacial score (nSPS) is 38.2. The molecule has 0 aromatic heterocycles. The minimum Gasteiger partial charge on any atom is -0.300 e. The van der Waals surface area contributed by atoms with Crippen LogP contribution in [-0.4, -0.2) is 5.78 Å². The van der Waals surface area contributed by atoms with Gasteiger partial charge in [-0.3, -0.25) is 4.79 Å². The first-order valence-corrected chi connectivity index (χ1v) is 4.04. The molecular weight excluding hydrogens is 124 g/mol. The molecule has 54 valence electrons. The highest BCUT2D eigenvalue weighted by atomic mass is 16.1. The van der Waals surface area contributed by atoms with Gasteiger partial charge in [0.25, 0.3) is 0 Å². The molecule has 1 nitrogen and oxygen atoms in total. The van der Waals surface area contributed by atoms with Crippen molar-refractivity contribution in [3.63, 3.8) is 0 Å². The van der Waals surface area contributed by atoms with E-state index in [1.165, 1.54) is 0 Å². The Kier molecular flexibility index (Phi) is 1.37. The van der Waals surface area contributed by atoms with Crippen LogP contribution in [0.3, 0.4) is 0 Å². The van der Waals surface area contributed by atoms with Crippen LogP contribution in [0.4, 0.5) is 0 Å². The zero-order chi connectivity index (χ0) is 6.97. The Balaban J connectivity index is 2.07. The van der Waals surface area contributed by atoms with E-state index in [-0.39, 0.29) is 0 Å². The summed E-state index contributed by atoms with van der Waals surface area (Å²) < 4.78 is 0. The van der Waals surface area contributed by atoms with E-state index in [2.05, 4.69) is 12.2 Å². The number of fused-ring (bicyclic) bond motifs is 1. The van der Waals surface area contributed by atoms with Gasteiger partial charge in [0.05, 0.1) is 0 Å². The maximum Gasteiger partial charge on any atom is 0.133 e. The van der Waals surface area contributed by atoms with E-state index < -0.39 is 0 Å². The van der Waals surface area contributed by atoms with Crippen molar-refractivity contribution in [3.05, 3.63) is 12.2 Å². The Morgan fingerprint density at radius 2 is 2.40 bits per heavy atom. The van der Waals surface area contributed by atoms with Gasteiger partial charge in [0.1, 0.15) is 5.78 Å². The van der Waals surface area contributed by atoms with Crippen molar-refractivity contribution in [1.82, 2.24) is 0 Å². The molecule has 0 amide bonds. The third-order valence-electron chi connectivity index (χ3n) is 2.67. The molecule has 2 aliphatic carbocycles. The molecule has 0 aromatic rings. The fourth-order valence-corrected chi connectivity index (χ4v) is 2.05. The Morgan fingerprint density at radius 3 is 3.30 bits per heavy atom. The van der Waals surface area contributed by atoms with Crippen LogP contribution in [0.5, 0.6) is 0 Å². The van der Waals surface area contributed by atoms with Gasteiger partial charge in [-0.15, -0.1) is 0 Å². The van der Waals surface area contributed by atoms with E-state index in [0.29, 0.717) is 11.7 Å². The molecule has 0 N–H and O–H groups in total. The number of carbonyl (C=O) groups is 1. The third kappa shape index (κ3) is 0.898. The van der Waals surface area contributed by atoms with E-state index in [9.17, 15) is 4.79 Å². The Labute approximate surface area is 61.1 Å². The van der Waals surface area contributed by atoms with Crippen molar-refractivity contribution in [3.8, 4) is 0 Å². The maximum absolute atomic E-state index is 11.0. The summed E-state index contributed by atoms with van der Waals surface area (Å²) in [5.74, 6) is 1.91. The molecular formula is C9H12O. The Bertz CT molecular complexity index is 181. The first-order valence-electron chi connectivity index (χ1n) is 4.04. The van der Waals surface area contributed by atoms with Crippen molar-refractivity contribution in [1.29, 1.82) is 0 Å². The average Bonchev–Trinajstić information content (AvgIpc) is 2.33. The van der Waals surface area contributed by atoms with Gasteiger partial charge >= 0.3 is 0 Å². The molecule has 0 bridgehead atoms. The molecule has 1 heteroatoms. The summed E-state index contributed by atoms with van der Waals surface area (Å²) in [6, 6.07) is 0. The molecule has 0 saturated heterocycles. The van der Waals surface area contributed by atoms with Crippen molar-refractivity contribution < 1.29 is 4.79 Å². The van der Waals surface area contributed by atoms with Gasteiger partial charge in [-0.2, -0.15) is 0 Å². The lowest BCUT2D eigenvalue weighted by Gasteiger charge is -2.23. The number of hydrogen-bond acceptors (Lipinski definition) is 1. The molecule has 0 radical (unpaired) electrons. The fourth-order valence-electron chi connectivity index (χ4n) is 2.05. The maximum atomic E-state index is 11.0. The minimum atomic E-state index is 0.477. The lowest BCUT2D eigenvalue weighted by molar-refractivity contribution is -0.122. The van der Waals surface area contributed by atoms with Crippen LogP contribution >= 0.6 is 0 Å². The molecule has 2 aliphatic rings. The summed E-state index contributed by atoms with van der Waals surface area (Å²) in [5.41, 5.74) is 0. The lowest BCUT2D eigenvalue weighted by atomic mass is 9.81. The van der Waals surface area contributed by atoms with Crippen LogP contribution in [0.2, 0.25) is 0 Å². The lowest BCUT2D eigenvalue weighted by Crippen LogP contribution is -2.20. The second kappa shape index (κ2) is 2.22. The summed E-state index contributed by atoms with van der Waals surface area (Å²) in [7, 11) is 0. The number of ketones is 1. The molecule has 0 spiro atoms. The van der Waals surface area contributed by atoms with Gasteiger partial charge in [-0.05, 0) is 24.7 Å². The molecule has 2 atom stereocenters. The predicted molar refractivity (Wildman–Crippen MR) is 39.6 cm³/mol. The van der Waals surface area contributed by atoms with Crippen molar-refractivity contribution in [2.45, 2.75) is 25.7 Å². The van der Waals surface area contributed by atoms with Crippen molar-refractivity contribution in [2.75, 3.05) is 0 Å². The van der Waals surface area contributed by atoms with E-state index in [0.717, 1.165) is 31.6 Å². The summed E-state index contributed by atoms with van der Waals surface area (Å²) in [5, 5.41) is 0. The van der Waals surface area contributed by atoms with Gasteiger partial charge in [0.15, 0.2) is 0 Å². The van der Waals surface area contributed by atoms with Crippen LogP contribution in [0.15, 0.2) is 12.2 Å². The Morgan fingerprint density at radius 1 is 1.50 bits per heavy atom. The highest BCUT2D eigenvalue weighted by molar-refractivity contribution is 5.79. The summed E-state index contributed by atoms with van der Waals surface area (Å²) in [4.78, 5) is 11.0. The van der Waals surface area contributed by atoms with Crippen LogP contribution in [0, 0.1) is 11.8 Å². The molecule has 1 saturated carbocycles. The summed E-state index contributed by atoms with van der Waals surface area (Å²) in [6.07, 6.45) is 8.45. The van der Waals surface area contributed by atoms with E-state index in [1.54, 1.807) is 0 Å². The topological polar surface area (TPSA) is 17.1 Å². The smallest absolute Gasteiger partial charge is 0.133 e. The molecule has 0 heterocycles. The van der Waals surface area contributed by atoms with Crippen LogP contribution in [-0.2, 0) is 4.79 Å². The number of allylic oxidation sites excluding steroid dienone is 2. The van der Waals surface area contributed by atoms with Crippen molar-refractivity contribution in [2.24, 2.45) is 11.8 Å². The van der Waals surface area contributed by atoms with Gasteiger partial charge < -0.3 is 0 Å². The average molecular weight is 136 g/mol. The van der Waals surface area contributed by atoms with Crippen LogP contribution in [0.1, 0.15) is 25.7 Å². The third-order valence-corrected chi connectivity index (χ3v) is 2.67. The molecule has 0 aromatic carbocycles. The second-order valence-electron chi connectivity index (χ2n) is 3.37. The van der Waals surface area contributed by atoms with Crippen LogP contribution in [0.25, 0.3) is 0 Å². The number of rotatable bonds is 0. The molecule has 1 fully saturated rings. The quantitative estimate of drug-likeness (QED) is 0.465. The zero-order valence-corrected chi connectivity index (χ0v) is 6.05. The molecule has 2 rings (SSSR count). The second-order valence-corrected chi connectivity index (χ2v) is 3.37. The van der Waals surface area contributed by atoms with Gasteiger partial charge in [-0.25, -0.2) is 0 Å². The monoisotopic (exact) mass is 136 g/mol. The SMILES string of the molecule is O=C1CC[C@@H]2C=CC[C@@H]2C1. The highest BCUT2D eigenvalue weighted by Crippen LogP contribution is 2.35. The van der Waals surface area contributed by atoms with Gasteiger partial charge in [0, 0.05) is 12.8 Å². The van der Waals surface area contributed by atoms with Gasteiger partial charge in [-0.1, -0.05) is 12.2 Å².